The summed E-state index contributed by atoms with van der Waals surface area (Å²) in [6.45, 7) is 4.25. The standard InChI is InChI=1S/C13H24N2O2/c1-10(11-3-7-17-8-4-11)15-12(16)13(9-14)5-2-6-13/h10-11H,2-9,14H2,1H3,(H,15,16). The summed E-state index contributed by atoms with van der Waals surface area (Å²) in [5.74, 6) is 0.729. The van der Waals surface area contributed by atoms with Gasteiger partial charge in [0.2, 0.25) is 5.91 Å². The van der Waals surface area contributed by atoms with Crippen LogP contribution in [-0.4, -0.2) is 31.7 Å². The van der Waals surface area contributed by atoms with Gasteiger partial charge in [0, 0.05) is 25.8 Å². The first-order chi connectivity index (χ1) is 8.18. The number of amides is 1. The maximum Gasteiger partial charge on any atom is 0.227 e. The fourth-order valence-electron chi connectivity index (χ4n) is 2.82. The topological polar surface area (TPSA) is 64.4 Å². The van der Waals surface area contributed by atoms with E-state index in [1.807, 2.05) is 0 Å². The van der Waals surface area contributed by atoms with Gasteiger partial charge in [-0.15, -0.1) is 0 Å². The van der Waals surface area contributed by atoms with E-state index in [0.717, 1.165) is 45.3 Å². The van der Waals surface area contributed by atoms with Crippen molar-refractivity contribution >= 4 is 5.91 Å². The molecule has 3 N–H and O–H groups in total. The van der Waals surface area contributed by atoms with Crippen LogP contribution in [0, 0.1) is 11.3 Å². The minimum absolute atomic E-state index is 0.172. The largest absolute Gasteiger partial charge is 0.381 e. The third-order valence-corrected chi connectivity index (χ3v) is 4.51. The van der Waals surface area contributed by atoms with Crippen molar-refractivity contribution < 1.29 is 9.53 Å². The highest BCUT2D eigenvalue weighted by molar-refractivity contribution is 5.84. The van der Waals surface area contributed by atoms with Crippen LogP contribution in [0.4, 0.5) is 0 Å². The molecule has 1 amide bonds. The molecule has 98 valence electrons. The summed E-state index contributed by atoms with van der Waals surface area (Å²) < 4.78 is 5.34. The zero-order valence-corrected chi connectivity index (χ0v) is 10.7. The minimum atomic E-state index is -0.251. The zero-order chi connectivity index (χ0) is 12.3. The van der Waals surface area contributed by atoms with E-state index in [2.05, 4.69) is 12.2 Å². The van der Waals surface area contributed by atoms with E-state index >= 15 is 0 Å². The normalized spacial score (nSPS) is 26.0. The number of carbonyl (C=O) groups excluding carboxylic acids is 1. The Labute approximate surface area is 103 Å². The molecule has 0 radical (unpaired) electrons. The average Bonchev–Trinajstić information content (AvgIpc) is 2.29. The number of nitrogens with two attached hydrogens (primary N) is 1. The van der Waals surface area contributed by atoms with Crippen LogP contribution >= 0.6 is 0 Å². The Hall–Kier alpha value is -0.610. The number of hydrogen-bond acceptors (Lipinski definition) is 3. The van der Waals surface area contributed by atoms with Crippen LogP contribution in [0.1, 0.15) is 39.0 Å². The van der Waals surface area contributed by atoms with E-state index in [-0.39, 0.29) is 17.4 Å². The Bertz CT molecular complexity index is 265. The molecule has 1 heterocycles. The molecular weight excluding hydrogens is 216 g/mol. The summed E-state index contributed by atoms with van der Waals surface area (Å²) in [6.07, 6.45) is 5.15. The molecule has 1 unspecified atom stereocenters. The van der Waals surface area contributed by atoms with E-state index < -0.39 is 0 Å². The fourth-order valence-corrected chi connectivity index (χ4v) is 2.82. The summed E-state index contributed by atoms with van der Waals surface area (Å²) >= 11 is 0. The van der Waals surface area contributed by atoms with E-state index in [1.54, 1.807) is 0 Å². The second-order valence-corrected chi connectivity index (χ2v) is 5.55. The molecule has 17 heavy (non-hydrogen) atoms. The molecule has 1 aliphatic carbocycles. The molecule has 1 atom stereocenters. The maximum absolute atomic E-state index is 12.2. The van der Waals surface area contributed by atoms with E-state index in [9.17, 15) is 4.79 Å². The van der Waals surface area contributed by atoms with Gasteiger partial charge in [-0.2, -0.15) is 0 Å². The maximum atomic E-state index is 12.2. The highest BCUT2D eigenvalue weighted by Crippen LogP contribution is 2.40. The molecule has 1 saturated heterocycles. The Morgan fingerprint density at radius 2 is 2.12 bits per heavy atom. The fraction of sp³-hybridized carbons (Fsp3) is 0.923. The monoisotopic (exact) mass is 240 g/mol. The van der Waals surface area contributed by atoms with Crippen molar-refractivity contribution in [3.63, 3.8) is 0 Å². The van der Waals surface area contributed by atoms with Crippen molar-refractivity contribution in [1.29, 1.82) is 0 Å². The molecule has 0 aromatic heterocycles. The molecule has 0 aromatic rings. The second-order valence-electron chi connectivity index (χ2n) is 5.55. The number of ether oxygens (including phenoxy) is 1. The molecule has 1 saturated carbocycles. The van der Waals surface area contributed by atoms with Gasteiger partial charge in [-0.25, -0.2) is 0 Å². The van der Waals surface area contributed by atoms with E-state index in [4.69, 9.17) is 10.5 Å². The lowest BCUT2D eigenvalue weighted by Crippen LogP contribution is -2.53. The first-order valence-electron chi connectivity index (χ1n) is 6.77. The molecule has 2 rings (SSSR count). The smallest absolute Gasteiger partial charge is 0.227 e. The molecular formula is C13H24N2O2. The first kappa shape index (κ1) is 12.8. The Morgan fingerprint density at radius 1 is 1.47 bits per heavy atom. The Balaban J connectivity index is 1.84. The van der Waals surface area contributed by atoms with Crippen molar-refractivity contribution in [2.45, 2.75) is 45.1 Å². The van der Waals surface area contributed by atoms with Crippen LogP contribution in [0.25, 0.3) is 0 Å². The van der Waals surface area contributed by atoms with Crippen LogP contribution in [0.3, 0.4) is 0 Å². The lowest BCUT2D eigenvalue weighted by Gasteiger charge is -2.41. The summed E-state index contributed by atoms with van der Waals surface area (Å²) in [4.78, 5) is 12.2. The molecule has 4 nitrogen and oxygen atoms in total. The van der Waals surface area contributed by atoms with Gasteiger partial charge in [0.25, 0.3) is 0 Å². The van der Waals surface area contributed by atoms with Crippen molar-refractivity contribution in [3.8, 4) is 0 Å². The molecule has 0 bridgehead atoms. The van der Waals surface area contributed by atoms with Crippen LogP contribution in [0.15, 0.2) is 0 Å². The van der Waals surface area contributed by atoms with Crippen molar-refractivity contribution in [2.24, 2.45) is 17.1 Å². The van der Waals surface area contributed by atoms with Crippen LogP contribution in [0.2, 0.25) is 0 Å². The van der Waals surface area contributed by atoms with Gasteiger partial charge in [0.15, 0.2) is 0 Å². The molecule has 2 aliphatic rings. The highest BCUT2D eigenvalue weighted by Gasteiger charge is 2.43. The van der Waals surface area contributed by atoms with Gasteiger partial charge in [0.1, 0.15) is 0 Å². The summed E-state index contributed by atoms with van der Waals surface area (Å²) in [5, 5.41) is 3.17. The number of rotatable bonds is 4. The zero-order valence-electron chi connectivity index (χ0n) is 10.7. The van der Waals surface area contributed by atoms with Crippen LogP contribution in [0.5, 0.6) is 0 Å². The van der Waals surface area contributed by atoms with Crippen LogP contribution in [-0.2, 0) is 9.53 Å². The Kier molecular flexibility index (Phi) is 4.05. The molecule has 0 aromatic carbocycles. The molecule has 1 aliphatic heterocycles. The highest BCUT2D eigenvalue weighted by atomic mass is 16.5. The van der Waals surface area contributed by atoms with Gasteiger partial charge in [-0.1, -0.05) is 6.42 Å². The SMILES string of the molecule is CC(NC(=O)C1(CN)CCC1)C1CCOCC1. The predicted molar refractivity (Wildman–Crippen MR) is 66.5 cm³/mol. The summed E-state index contributed by atoms with van der Waals surface area (Å²) in [6, 6.07) is 0.246. The van der Waals surface area contributed by atoms with Gasteiger partial charge in [0.05, 0.1) is 5.41 Å². The van der Waals surface area contributed by atoms with E-state index in [0.29, 0.717) is 12.5 Å². The lowest BCUT2D eigenvalue weighted by atomic mass is 9.68. The van der Waals surface area contributed by atoms with Gasteiger partial charge < -0.3 is 15.8 Å². The number of nitrogens with one attached hydrogen (secondary N) is 1. The number of carbonyl (C=O) groups is 1. The quantitative estimate of drug-likeness (QED) is 0.772. The molecule has 4 heteroatoms. The Morgan fingerprint density at radius 3 is 2.59 bits per heavy atom. The average molecular weight is 240 g/mol. The third kappa shape index (κ3) is 2.63. The third-order valence-electron chi connectivity index (χ3n) is 4.51. The van der Waals surface area contributed by atoms with Crippen LogP contribution < -0.4 is 11.1 Å². The minimum Gasteiger partial charge on any atom is -0.381 e. The number of hydrogen-bond donors (Lipinski definition) is 2. The summed E-state index contributed by atoms with van der Waals surface area (Å²) in [5.41, 5.74) is 5.49. The molecule has 2 fully saturated rings. The van der Waals surface area contributed by atoms with Crippen molar-refractivity contribution in [2.75, 3.05) is 19.8 Å². The van der Waals surface area contributed by atoms with Gasteiger partial charge in [-0.05, 0) is 38.5 Å². The van der Waals surface area contributed by atoms with Crippen molar-refractivity contribution in [1.82, 2.24) is 5.32 Å². The van der Waals surface area contributed by atoms with E-state index in [1.165, 1.54) is 0 Å². The molecule has 0 spiro atoms. The summed E-state index contributed by atoms with van der Waals surface area (Å²) in [7, 11) is 0. The predicted octanol–water partition coefficient (Wildman–Crippen LogP) is 1.05. The second kappa shape index (κ2) is 5.36. The van der Waals surface area contributed by atoms with Gasteiger partial charge >= 0.3 is 0 Å². The lowest BCUT2D eigenvalue weighted by molar-refractivity contribution is -0.136. The van der Waals surface area contributed by atoms with Crippen molar-refractivity contribution in [3.05, 3.63) is 0 Å². The van der Waals surface area contributed by atoms with Gasteiger partial charge in [-0.3, -0.25) is 4.79 Å². The first-order valence-corrected chi connectivity index (χ1v) is 6.77.